The van der Waals surface area contributed by atoms with Gasteiger partial charge in [0.05, 0.1) is 12.7 Å². The number of nitrogens with zero attached hydrogens (tertiary/aromatic N) is 3. The smallest absolute Gasteiger partial charge is 0.358 e. The van der Waals surface area contributed by atoms with Gasteiger partial charge in [-0.3, -0.25) is 4.79 Å². The molecule has 1 aromatic heterocycles. The number of benzene rings is 1. The minimum atomic E-state index is -1.14. The Bertz CT molecular complexity index is 698. The maximum absolute atomic E-state index is 11.5. The third kappa shape index (κ3) is 4.47. The fourth-order valence-corrected chi connectivity index (χ4v) is 1.48. The van der Waals surface area contributed by atoms with E-state index in [1.165, 1.54) is 10.9 Å². The first-order chi connectivity index (χ1) is 10.1. The van der Waals surface area contributed by atoms with Crippen LogP contribution < -0.4 is 5.32 Å². The second-order valence-electron chi connectivity index (χ2n) is 4.04. The van der Waals surface area contributed by atoms with Gasteiger partial charge in [0.2, 0.25) is 0 Å². The van der Waals surface area contributed by atoms with Gasteiger partial charge in [-0.15, -0.1) is 5.10 Å². The van der Waals surface area contributed by atoms with Crippen LogP contribution in [0.5, 0.6) is 0 Å². The van der Waals surface area contributed by atoms with Crippen molar-refractivity contribution >= 4 is 11.9 Å². The van der Waals surface area contributed by atoms with Gasteiger partial charge < -0.3 is 10.4 Å². The molecule has 2 aromatic rings. The van der Waals surface area contributed by atoms with Crippen LogP contribution in [-0.2, 0) is 11.3 Å². The molecule has 0 aliphatic carbocycles. The Labute approximate surface area is 120 Å². The summed E-state index contributed by atoms with van der Waals surface area (Å²) in [5.41, 5.74) is 0.625. The maximum Gasteiger partial charge on any atom is 0.358 e. The zero-order valence-corrected chi connectivity index (χ0v) is 11.0. The van der Waals surface area contributed by atoms with Crippen LogP contribution in [0.4, 0.5) is 0 Å². The van der Waals surface area contributed by atoms with Gasteiger partial charge in [-0.25, -0.2) is 9.48 Å². The third-order valence-corrected chi connectivity index (χ3v) is 2.48. The molecule has 0 aliphatic rings. The summed E-state index contributed by atoms with van der Waals surface area (Å²) in [7, 11) is 0. The molecule has 0 aliphatic heterocycles. The summed E-state index contributed by atoms with van der Waals surface area (Å²) in [5, 5.41) is 18.4. The number of amides is 1. The van der Waals surface area contributed by atoms with Gasteiger partial charge in [-0.1, -0.05) is 29.3 Å². The van der Waals surface area contributed by atoms with E-state index in [1.807, 2.05) is 30.3 Å². The lowest BCUT2D eigenvalue weighted by Gasteiger charge is -2.00. The number of hydrogen-bond acceptors (Lipinski definition) is 4. The van der Waals surface area contributed by atoms with Crippen molar-refractivity contribution in [1.82, 2.24) is 20.3 Å². The van der Waals surface area contributed by atoms with Crippen molar-refractivity contribution in [2.24, 2.45) is 0 Å². The highest BCUT2D eigenvalue weighted by Crippen LogP contribution is 1.94. The standard InChI is InChI=1S/C14H12N4O3/c19-13(7-6-11-4-2-1-3-5-11)15-8-9-18-10-12(14(20)21)16-17-18/h1-5,10H,8-9H2,(H,15,19)(H,20,21). The molecule has 1 amide bonds. The zero-order chi connectivity index (χ0) is 15.1. The average molecular weight is 284 g/mol. The quantitative estimate of drug-likeness (QED) is 0.779. The SMILES string of the molecule is O=C(C#Cc1ccccc1)NCCn1cc(C(=O)O)nn1. The molecule has 21 heavy (non-hydrogen) atoms. The highest BCUT2D eigenvalue weighted by atomic mass is 16.4. The Morgan fingerprint density at radius 3 is 2.71 bits per heavy atom. The molecule has 1 aromatic carbocycles. The van der Waals surface area contributed by atoms with Crippen molar-refractivity contribution in [3.8, 4) is 11.8 Å². The molecule has 2 rings (SSSR count). The minimum absolute atomic E-state index is 0.134. The van der Waals surface area contributed by atoms with Crippen LogP contribution in [-0.4, -0.2) is 38.5 Å². The van der Waals surface area contributed by atoms with Gasteiger partial charge in [0.15, 0.2) is 5.69 Å². The van der Waals surface area contributed by atoms with Crippen LogP contribution in [0.25, 0.3) is 0 Å². The zero-order valence-electron chi connectivity index (χ0n) is 11.0. The lowest BCUT2D eigenvalue weighted by atomic mass is 10.2. The summed E-state index contributed by atoms with van der Waals surface area (Å²) >= 11 is 0. The van der Waals surface area contributed by atoms with Crippen LogP contribution in [0.1, 0.15) is 16.1 Å². The Morgan fingerprint density at radius 2 is 2.05 bits per heavy atom. The highest BCUT2D eigenvalue weighted by Gasteiger charge is 2.07. The molecule has 0 saturated heterocycles. The van der Waals surface area contributed by atoms with Gasteiger partial charge in [0, 0.05) is 18.0 Å². The molecular weight excluding hydrogens is 272 g/mol. The van der Waals surface area contributed by atoms with Crippen LogP contribution in [0.15, 0.2) is 36.5 Å². The summed E-state index contributed by atoms with van der Waals surface area (Å²) in [6, 6.07) is 9.17. The van der Waals surface area contributed by atoms with E-state index in [-0.39, 0.29) is 12.2 Å². The molecule has 0 radical (unpaired) electrons. The van der Waals surface area contributed by atoms with Crippen molar-refractivity contribution in [1.29, 1.82) is 0 Å². The number of carbonyl (C=O) groups excluding carboxylic acids is 1. The Morgan fingerprint density at radius 1 is 1.29 bits per heavy atom. The molecule has 0 atom stereocenters. The maximum atomic E-state index is 11.5. The number of nitrogens with one attached hydrogen (secondary N) is 1. The molecule has 106 valence electrons. The van der Waals surface area contributed by atoms with Crippen molar-refractivity contribution in [2.45, 2.75) is 6.54 Å². The third-order valence-electron chi connectivity index (χ3n) is 2.48. The number of rotatable bonds is 4. The first kappa shape index (κ1) is 14.3. The number of carbonyl (C=O) groups is 2. The summed E-state index contributed by atoms with van der Waals surface area (Å²) in [5.74, 6) is 3.66. The van der Waals surface area contributed by atoms with Gasteiger partial charge in [0.25, 0.3) is 5.91 Å². The Hall–Kier alpha value is -3.14. The topological polar surface area (TPSA) is 97.1 Å². The van der Waals surface area contributed by atoms with Crippen molar-refractivity contribution in [3.05, 3.63) is 47.8 Å². The fourth-order valence-electron chi connectivity index (χ4n) is 1.48. The molecule has 0 spiro atoms. The number of carboxylic acid groups (broad SMARTS) is 1. The summed E-state index contributed by atoms with van der Waals surface area (Å²) in [4.78, 5) is 22.1. The first-order valence-electron chi connectivity index (χ1n) is 6.13. The van der Waals surface area contributed by atoms with Gasteiger partial charge in [0.1, 0.15) is 0 Å². The molecule has 0 fully saturated rings. The molecule has 7 heteroatoms. The van der Waals surface area contributed by atoms with Crippen LogP contribution in [0.2, 0.25) is 0 Å². The molecule has 7 nitrogen and oxygen atoms in total. The largest absolute Gasteiger partial charge is 0.476 e. The summed E-state index contributed by atoms with van der Waals surface area (Å²) in [6.45, 7) is 0.601. The summed E-state index contributed by atoms with van der Waals surface area (Å²) in [6.07, 6.45) is 1.30. The van der Waals surface area contributed by atoms with E-state index in [2.05, 4.69) is 27.5 Å². The number of aromatic nitrogens is 3. The monoisotopic (exact) mass is 284 g/mol. The Balaban J connectivity index is 1.79. The minimum Gasteiger partial charge on any atom is -0.476 e. The first-order valence-corrected chi connectivity index (χ1v) is 6.13. The average Bonchev–Trinajstić information content (AvgIpc) is 2.95. The number of carboxylic acids is 1. The normalized spacial score (nSPS) is 9.52. The van der Waals surface area contributed by atoms with E-state index in [4.69, 9.17) is 5.11 Å². The van der Waals surface area contributed by atoms with Crippen LogP contribution in [0.3, 0.4) is 0 Å². The second kappa shape index (κ2) is 6.86. The van der Waals surface area contributed by atoms with E-state index in [0.29, 0.717) is 6.54 Å². The van der Waals surface area contributed by atoms with E-state index >= 15 is 0 Å². The predicted molar refractivity (Wildman–Crippen MR) is 73.3 cm³/mol. The highest BCUT2D eigenvalue weighted by molar-refractivity contribution is 5.94. The molecular formula is C14H12N4O3. The molecule has 0 unspecified atom stereocenters. The predicted octanol–water partition coefficient (Wildman–Crippen LogP) is 0.144. The Kier molecular flexibility index (Phi) is 4.66. The lowest BCUT2D eigenvalue weighted by molar-refractivity contribution is -0.115. The second-order valence-corrected chi connectivity index (χ2v) is 4.04. The fraction of sp³-hybridized carbons (Fsp3) is 0.143. The number of aromatic carboxylic acids is 1. The van der Waals surface area contributed by atoms with Gasteiger partial charge >= 0.3 is 5.97 Å². The summed E-state index contributed by atoms with van der Waals surface area (Å²) < 4.78 is 1.34. The van der Waals surface area contributed by atoms with Crippen molar-refractivity contribution in [2.75, 3.05) is 6.54 Å². The van der Waals surface area contributed by atoms with E-state index in [1.54, 1.807) is 0 Å². The molecule has 2 N–H and O–H groups in total. The van der Waals surface area contributed by atoms with Crippen LogP contribution >= 0.6 is 0 Å². The molecule has 0 saturated carbocycles. The molecule has 0 bridgehead atoms. The van der Waals surface area contributed by atoms with Gasteiger partial charge in [-0.2, -0.15) is 0 Å². The number of hydrogen-bond donors (Lipinski definition) is 2. The van der Waals surface area contributed by atoms with Crippen molar-refractivity contribution in [3.63, 3.8) is 0 Å². The van der Waals surface area contributed by atoms with E-state index < -0.39 is 11.9 Å². The van der Waals surface area contributed by atoms with Crippen LogP contribution in [0, 0.1) is 11.8 Å². The van der Waals surface area contributed by atoms with E-state index in [9.17, 15) is 9.59 Å². The van der Waals surface area contributed by atoms with Crippen molar-refractivity contribution < 1.29 is 14.7 Å². The molecule has 1 heterocycles. The van der Waals surface area contributed by atoms with E-state index in [0.717, 1.165) is 5.56 Å². The van der Waals surface area contributed by atoms with Gasteiger partial charge in [-0.05, 0) is 12.1 Å². The lowest BCUT2D eigenvalue weighted by Crippen LogP contribution is -2.26.